The molecule has 1 aliphatic heterocycles. The highest BCUT2D eigenvalue weighted by molar-refractivity contribution is 6.30. The first-order valence-electron chi connectivity index (χ1n) is 9.24. The van der Waals surface area contributed by atoms with Crippen LogP contribution in [0.4, 0.5) is 11.4 Å². The maximum atomic E-state index is 12.7. The van der Waals surface area contributed by atoms with E-state index in [1.165, 1.54) is 6.07 Å². The summed E-state index contributed by atoms with van der Waals surface area (Å²) in [7, 11) is 0. The molecule has 2 heterocycles. The number of anilines is 1. The second kappa shape index (κ2) is 7.97. The van der Waals surface area contributed by atoms with Crippen molar-refractivity contribution in [3.63, 3.8) is 0 Å². The first-order chi connectivity index (χ1) is 14.0. The summed E-state index contributed by atoms with van der Waals surface area (Å²) in [6.45, 7) is 2.40. The Bertz CT molecular complexity index is 1040. The molecule has 2 aromatic carbocycles. The number of hydrogen-bond donors (Lipinski definition) is 0. The molecule has 8 heteroatoms. The van der Waals surface area contributed by atoms with Crippen LogP contribution in [0, 0.1) is 10.1 Å². The van der Waals surface area contributed by atoms with Crippen molar-refractivity contribution in [1.82, 2.24) is 9.47 Å². The van der Waals surface area contributed by atoms with Crippen LogP contribution in [0.25, 0.3) is 5.69 Å². The van der Waals surface area contributed by atoms with E-state index in [2.05, 4.69) is 4.90 Å². The number of carbonyl (C=O) groups is 1. The van der Waals surface area contributed by atoms with Gasteiger partial charge in [-0.25, -0.2) is 0 Å². The van der Waals surface area contributed by atoms with Crippen LogP contribution in [-0.4, -0.2) is 46.5 Å². The minimum absolute atomic E-state index is 0.0403. The molecule has 0 unspecified atom stereocenters. The van der Waals surface area contributed by atoms with E-state index >= 15 is 0 Å². The average Bonchev–Trinajstić information content (AvgIpc) is 3.28. The van der Waals surface area contributed by atoms with Gasteiger partial charge in [-0.1, -0.05) is 17.7 Å². The van der Waals surface area contributed by atoms with E-state index in [9.17, 15) is 14.9 Å². The molecule has 0 atom stereocenters. The maximum Gasteiger partial charge on any atom is 0.271 e. The van der Waals surface area contributed by atoms with Gasteiger partial charge in [-0.3, -0.25) is 14.9 Å². The number of nitro groups is 1. The molecule has 1 aliphatic rings. The third kappa shape index (κ3) is 3.95. The predicted molar refractivity (Wildman–Crippen MR) is 112 cm³/mol. The highest BCUT2D eigenvalue weighted by Crippen LogP contribution is 2.30. The van der Waals surface area contributed by atoms with Crippen LogP contribution >= 0.6 is 11.6 Å². The Morgan fingerprint density at radius 3 is 2.31 bits per heavy atom. The molecule has 4 rings (SSSR count). The van der Waals surface area contributed by atoms with Crippen molar-refractivity contribution in [1.29, 1.82) is 0 Å². The summed E-state index contributed by atoms with van der Waals surface area (Å²) in [6.07, 6.45) is 3.73. The Kier molecular flexibility index (Phi) is 5.22. The molecule has 3 aromatic rings. The smallest absolute Gasteiger partial charge is 0.271 e. The van der Waals surface area contributed by atoms with Crippen molar-refractivity contribution in [3.8, 4) is 5.69 Å². The van der Waals surface area contributed by atoms with Crippen LogP contribution in [0.2, 0.25) is 5.02 Å². The SMILES string of the molecule is O=C(c1cccc(Cl)c1)N1CCN(c2ccc([N+](=O)[O-])cc2-n2cccc2)CC1. The minimum atomic E-state index is -0.390. The number of benzene rings is 2. The van der Waals surface area contributed by atoms with Crippen molar-refractivity contribution in [2.75, 3.05) is 31.1 Å². The van der Waals surface area contributed by atoms with E-state index in [1.54, 1.807) is 36.4 Å². The number of non-ortho nitro benzene ring substituents is 1. The highest BCUT2D eigenvalue weighted by Gasteiger charge is 2.25. The summed E-state index contributed by atoms with van der Waals surface area (Å²) >= 11 is 6.00. The van der Waals surface area contributed by atoms with Crippen LogP contribution in [0.3, 0.4) is 0 Å². The fourth-order valence-corrected chi connectivity index (χ4v) is 3.74. The fraction of sp³-hybridized carbons (Fsp3) is 0.190. The molecule has 0 aliphatic carbocycles. The molecule has 0 bridgehead atoms. The van der Waals surface area contributed by atoms with Gasteiger partial charge in [0.05, 0.1) is 16.3 Å². The van der Waals surface area contributed by atoms with E-state index < -0.39 is 4.92 Å². The van der Waals surface area contributed by atoms with Gasteiger partial charge in [0.2, 0.25) is 0 Å². The molecule has 1 amide bonds. The summed E-state index contributed by atoms with van der Waals surface area (Å²) in [5.74, 6) is -0.0403. The number of nitro benzene ring substituents is 1. The van der Waals surface area contributed by atoms with E-state index in [4.69, 9.17) is 11.6 Å². The van der Waals surface area contributed by atoms with Crippen LogP contribution in [0.15, 0.2) is 67.0 Å². The first-order valence-corrected chi connectivity index (χ1v) is 9.62. The molecule has 1 fully saturated rings. The Hall–Kier alpha value is -3.32. The fourth-order valence-electron chi connectivity index (χ4n) is 3.55. The van der Waals surface area contributed by atoms with Gasteiger partial charge in [0.15, 0.2) is 0 Å². The summed E-state index contributed by atoms with van der Waals surface area (Å²) in [6, 6.07) is 15.6. The third-order valence-electron chi connectivity index (χ3n) is 5.03. The molecule has 148 valence electrons. The van der Waals surface area contributed by atoms with Crippen molar-refractivity contribution >= 4 is 28.9 Å². The Morgan fingerprint density at radius 1 is 0.931 bits per heavy atom. The molecule has 29 heavy (non-hydrogen) atoms. The third-order valence-corrected chi connectivity index (χ3v) is 5.27. The Labute approximate surface area is 172 Å². The van der Waals surface area contributed by atoms with Gasteiger partial charge in [0.25, 0.3) is 11.6 Å². The van der Waals surface area contributed by atoms with Gasteiger partial charge in [-0.15, -0.1) is 0 Å². The monoisotopic (exact) mass is 410 g/mol. The van der Waals surface area contributed by atoms with Gasteiger partial charge < -0.3 is 14.4 Å². The lowest BCUT2D eigenvalue weighted by atomic mass is 10.1. The highest BCUT2D eigenvalue weighted by atomic mass is 35.5. The molecular weight excluding hydrogens is 392 g/mol. The number of piperazine rings is 1. The molecule has 0 spiro atoms. The summed E-state index contributed by atoms with van der Waals surface area (Å²) in [5.41, 5.74) is 2.28. The Balaban J connectivity index is 1.54. The van der Waals surface area contributed by atoms with Crippen molar-refractivity contribution in [2.45, 2.75) is 0 Å². The lowest BCUT2D eigenvalue weighted by molar-refractivity contribution is -0.384. The van der Waals surface area contributed by atoms with Gasteiger partial charge in [0.1, 0.15) is 0 Å². The number of amides is 1. The number of nitrogens with zero attached hydrogens (tertiary/aromatic N) is 4. The lowest BCUT2D eigenvalue weighted by Gasteiger charge is -2.37. The van der Waals surface area contributed by atoms with Crippen LogP contribution < -0.4 is 4.90 Å². The zero-order chi connectivity index (χ0) is 20.4. The van der Waals surface area contributed by atoms with Crippen molar-refractivity contribution in [3.05, 3.63) is 87.7 Å². The minimum Gasteiger partial charge on any atom is -0.366 e. The molecule has 1 aromatic heterocycles. The quantitative estimate of drug-likeness (QED) is 0.481. The maximum absolute atomic E-state index is 12.7. The second-order valence-corrected chi connectivity index (χ2v) is 7.25. The average molecular weight is 411 g/mol. The van der Waals surface area contributed by atoms with E-state index in [-0.39, 0.29) is 11.6 Å². The molecule has 0 saturated carbocycles. The number of carbonyl (C=O) groups excluding carboxylic acids is 1. The zero-order valence-corrected chi connectivity index (χ0v) is 16.3. The summed E-state index contributed by atoms with van der Waals surface area (Å²) < 4.78 is 1.87. The van der Waals surface area contributed by atoms with E-state index in [0.717, 1.165) is 11.4 Å². The number of aromatic nitrogens is 1. The molecule has 7 nitrogen and oxygen atoms in total. The van der Waals surface area contributed by atoms with Gasteiger partial charge >= 0.3 is 0 Å². The van der Waals surface area contributed by atoms with Crippen LogP contribution in [0.5, 0.6) is 0 Å². The van der Waals surface area contributed by atoms with Gasteiger partial charge in [-0.05, 0) is 36.4 Å². The molecule has 1 saturated heterocycles. The topological polar surface area (TPSA) is 71.6 Å². The molecule has 0 N–H and O–H groups in total. The lowest BCUT2D eigenvalue weighted by Crippen LogP contribution is -2.49. The predicted octanol–water partition coefficient (Wildman–Crippen LogP) is 4.00. The number of hydrogen-bond acceptors (Lipinski definition) is 4. The number of halogens is 1. The zero-order valence-electron chi connectivity index (χ0n) is 15.6. The second-order valence-electron chi connectivity index (χ2n) is 6.81. The summed E-state index contributed by atoms with van der Waals surface area (Å²) in [4.78, 5) is 27.5. The van der Waals surface area contributed by atoms with Crippen molar-refractivity contribution in [2.24, 2.45) is 0 Å². The van der Waals surface area contributed by atoms with Gasteiger partial charge in [0, 0.05) is 61.3 Å². The van der Waals surface area contributed by atoms with Gasteiger partial charge in [-0.2, -0.15) is 0 Å². The normalized spacial score (nSPS) is 14.1. The van der Waals surface area contributed by atoms with Crippen LogP contribution in [-0.2, 0) is 0 Å². The van der Waals surface area contributed by atoms with Crippen LogP contribution in [0.1, 0.15) is 10.4 Å². The largest absolute Gasteiger partial charge is 0.366 e. The molecular formula is C21H19ClN4O3. The summed E-state index contributed by atoms with van der Waals surface area (Å²) in [5, 5.41) is 11.8. The van der Waals surface area contributed by atoms with E-state index in [0.29, 0.717) is 36.8 Å². The molecule has 0 radical (unpaired) electrons. The van der Waals surface area contributed by atoms with Crippen molar-refractivity contribution < 1.29 is 9.72 Å². The standard InChI is InChI=1S/C21H19ClN4O3/c22-17-5-3-4-16(14-17)21(27)25-12-10-24(11-13-25)19-7-6-18(26(28)29)15-20(19)23-8-1-2-9-23/h1-9,14-15H,10-13H2. The number of rotatable bonds is 4. The Morgan fingerprint density at radius 2 is 1.66 bits per heavy atom. The van der Waals surface area contributed by atoms with E-state index in [1.807, 2.05) is 34.0 Å². The first kappa shape index (κ1) is 19.0.